The van der Waals surface area contributed by atoms with E-state index in [0.717, 1.165) is 0 Å². The lowest BCUT2D eigenvalue weighted by molar-refractivity contribution is 0.0766. The number of carbonyl (C=O) groups is 1. The Balaban J connectivity index is 1.90. The summed E-state index contributed by atoms with van der Waals surface area (Å²) in [6.07, 6.45) is 3.54. The van der Waals surface area contributed by atoms with Crippen LogP contribution in [0.25, 0.3) is 0 Å². The Morgan fingerprint density at radius 3 is 2.52 bits per heavy atom. The molecule has 1 aromatic carbocycles. The molecule has 0 atom stereocenters. The molecule has 1 amide bonds. The summed E-state index contributed by atoms with van der Waals surface area (Å²) in [4.78, 5) is 22.1. The zero-order valence-electron chi connectivity index (χ0n) is 13.4. The number of amides is 1. The maximum Gasteiger partial charge on any atom is 0.274 e. The first kappa shape index (κ1) is 16.9. The third kappa shape index (κ3) is 4.48. The average molecular weight is 316 g/mol. The number of halogens is 1. The molecule has 6 heteroatoms. The van der Waals surface area contributed by atoms with E-state index in [1.807, 2.05) is 19.9 Å². The van der Waals surface area contributed by atoms with Gasteiger partial charge in [0.05, 0.1) is 12.4 Å². The van der Waals surface area contributed by atoms with Crippen molar-refractivity contribution in [1.82, 2.24) is 14.9 Å². The van der Waals surface area contributed by atoms with Crippen molar-refractivity contribution < 1.29 is 9.18 Å². The Kier molecular flexibility index (Phi) is 6.02. The number of aromatic nitrogens is 2. The number of benzene rings is 1. The van der Waals surface area contributed by atoms with Crippen molar-refractivity contribution in [3.63, 3.8) is 0 Å². The molecule has 122 valence electrons. The first-order chi connectivity index (χ1) is 11.2. The maximum absolute atomic E-state index is 13.5. The average Bonchev–Trinajstić information content (AvgIpc) is 2.58. The molecule has 1 aromatic heterocycles. The van der Waals surface area contributed by atoms with Crippen LogP contribution in [0.15, 0.2) is 36.7 Å². The van der Waals surface area contributed by atoms with E-state index < -0.39 is 0 Å². The van der Waals surface area contributed by atoms with Crippen molar-refractivity contribution in [1.29, 1.82) is 0 Å². The van der Waals surface area contributed by atoms with E-state index in [1.54, 1.807) is 17.0 Å². The molecule has 2 aromatic rings. The van der Waals surface area contributed by atoms with E-state index in [-0.39, 0.29) is 11.7 Å². The van der Waals surface area contributed by atoms with Gasteiger partial charge in [0.2, 0.25) is 0 Å². The molecule has 5 nitrogen and oxygen atoms in total. The van der Waals surface area contributed by atoms with Gasteiger partial charge in [0.15, 0.2) is 0 Å². The lowest BCUT2D eigenvalue weighted by Crippen LogP contribution is -2.31. The van der Waals surface area contributed by atoms with Crippen LogP contribution in [0, 0.1) is 5.82 Å². The molecule has 0 aliphatic rings. The molecule has 0 saturated carbocycles. The molecule has 1 N–H and O–H groups in total. The van der Waals surface area contributed by atoms with Gasteiger partial charge in [0.1, 0.15) is 17.3 Å². The first-order valence-electron chi connectivity index (χ1n) is 7.74. The lowest BCUT2D eigenvalue weighted by atomic mass is 10.1. The zero-order chi connectivity index (χ0) is 16.7. The molecule has 1 heterocycles. The molecule has 0 fully saturated rings. The van der Waals surface area contributed by atoms with Crippen LogP contribution in [0.5, 0.6) is 0 Å². The second kappa shape index (κ2) is 8.22. The standard InChI is InChI=1S/C17H21FN4O/c1-3-22(4-2)17(23)15-11-21-16(12-20-15)19-10-9-13-7-5-6-8-14(13)18/h5-8,11-12H,3-4,9-10H2,1-2H3,(H,19,21). The van der Waals surface area contributed by atoms with E-state index in [9.17, 15) is 9.18 Å². The Bertz CT molecular complexity index is 641. The third-order valence-electron chi connectivity index (χ3n) is 3.58. The van der Waals surface area contributed by atoms with Gasteiger partial charge in [-0.05, 0) is 31.9 Å². The minimum Gasteiger partial charge on any atom is -0.368 e. The molecule has 0 spiro atoms. The smallest absolute Gasteiger partial charge is 0.274 e. The normalized spacial score (nSPS) is 10.4. The van der Waals surface area contributed by atoms with Crippen LogP contribution in [0.4, 0.5) is 10.2 Å². The van der Waals surface area contributed by atoms with Crippen molar-refractivity contribution in [3.8, 4) is 0 Å². The van der Waals surface area contributed by atoms with Crippen molar-refractivity contribution in [2.24, 2.45) is 0 Å². The van der Waals surface area contributed by atoms with Crippen molar-refractivity contribution in [2.45, 2.75) is 20.3 Å². The summed E-state index contributed by atoms with van der Waals surface area (Å²) in [7, 11) is 0. The van der Waals surface area contributed by atoms with Crippen molar-refractivity contribution in [3.05, 3.63) is 53.7 Å². The Morgan fingerprint density at radius 2 is 1.91 bits per heavy atom. The summed E-state index contributed by atoms with van der Waals surface area (Å²) in [5.41, 5.74) is 0.981. The Hall–Kier alpha value is -2.50. The van der Waals surface area contributed by atoms with Gasteiger partial charge in [-0.15, -0.1) is 0 Å². The molecule has 0 aliphatic heterocycles. The van der Waals surface area contributed by atoms with Gasteiger partial charge in [-0.1, -0.05) is 18.2 Å². The van der Waals surface area contributed by atoms with Gasteiger partial charge in [-0.25, -0.2) is 14.4 Å². The van der Waals surface area contributed by atoms with Gasteiger partial charge in [-0.3, -0.25) is 4.79 Å². The highest BCUT2D eigenvalue weighted by atomic mass is 19.1. The Morgan fingerprint density at radius 1 is 1.17 bits per heavy atom. The van der Waals surface area contributed by atoms with Crippen LogP contribution in [0.1, 0.15) is 29.9 Å². The maximum atomic E-state index is 13.5. The van der Waals surface area contributed by atoms with E-state index in [1.165, 1.54) is 18.5 Å². The fourth-order valence-electron chi connectivity index (χ4n) is 2.23. The molecular weight excluding hydrogens is 295 g/mol. The van der Waals surface area contributed by atoms with Crippen LogP contribution < -0.4 is 5.32 Å². The number of carbonyl (C=O) groups excluding carboxylic acids is 1. The number of rotatable bonds is 7. The minimum atomic E-state index is -0.208. The predicted molar refractivity (Wildman–Crippen MR) is 87.9 cm³/mol. The number of nitrogens with one attached hydrogen (secondary N) is 1. The second-order valence-electron chi connectivity index (χ2n) is 5.03. The molecule has 0 saturated heterocycles. The summed E-state index contributed by atoms with van der Waals surface area (Å²) in [5.74, 6) is 0.235. The molecule has 0 unspecified atom stereocenters. The van der Waals surface area contributed by atoms with Crippen LogP contribution in [0.2, 0.25) is 0 Å². The topological polar surface area (TPSA) is 58.1 Å². The van der Waals surface area contributed by atoms with Gasteiger partial charge in [0.25, 0.3) is 5.91 Å². The lowest BCUT2D eigenvalue weighted by Gasteiger charge is -2.17. The van der Waals surface area contributed by atoms with E-state index >= 15 is 0 Å². The zero-order valence-corrected chi connectivity index (χ0v) is 13.4. The number of anilines is 1. The van der Waals surface area contributed by atoms with Gasteiger partial charge >= 0.3 is 0 Å². The predicted octanol–water partition coefficient (Wildman–Crippen LogP) is 2.75. The summed E-state index contributed by atoms with van der Waals surface area (Å²) in [5, 5.41) is 3.08. The number of nitrogens with zero attached hydrogens (tertiary/aromatic N) is 3. The fraction of sp³-hybridized carbons (Fsp3) is 0.353. The van der Waals surface area contributed by atoms with E-state index in [2.05, 4.69) is 15.3 Å². The summed E-state index contributed by atoms with van der Waals surface area (Å²) in [6, 6.07) is 6.69. The first-order valence-corrected chi connectivity index (χ1v) is 7.74. The largest absolute Gasteiger partial charge is 0.368 e. The number of hydrogen-bond acceptors (Lipinski definition) is 4. The molecule has 0 bridgehead atoms. The Labute approximate surface area is 135 Å². The van der Waals surface area contributed by atoms with Crippen LogP contribution in [0.3, 0.4) is 0 Å². The van der Waals surface area contributed by atoms with E-state index in [0.29, 0.717) is 43.1 Å². The van der Waals surface area contributed by atoms with Crippen LogP contribution in [-0.2, 0) is 6.42 Å². The number of hydrogen-bond donors (Lipinski definition) is 1. The van der Waals surface area contributed by atoms with Gasteiger partial charge in [-0.2, -0.15) is 0 Å². The summed E-state index contributed by atoms with van der Waals surface area (Å²) >= 11 is 0. The SMILES string of the molecule is CCN(CC)C(=O)c1cnc(NCCc2ccccc2F)cn1. The highest BCUT2D eigenvalue weighted by Gasteiger charge is 2.14. The highest BCUT2D eigenvalue weighted by molar-refractivity contribution is 5.92. The molecule has 0 radical (unpaired) electrons. The molecule has 2 rings (SSSR count). The quantitative estimate of drug-likeness (QED) is 0.853. The fourth-order valence-corrected chi connectivity index (χ4v) is 2.23. The molecular formula is C17H21FN4O. The van der Waals surface area contributed by atoms with Crippen LogP contribution >= 0.6 is 0 Å². The van der Waals surface area contributed by atoms with Crippen molar-refractivity contribution in [2.75, 3.05) is 25.0 Å². The van der Waals surface area contributed by atoms with Crippen LogP contribution in [-0.4, -0.2) is 40.4 Å². The second-order valence-corrected chi connectivity index (χ2v) is 5.03. The van der Waals surface area contributed by atoms with E-state index in [4.69, 9.17) is 0 Å². The molecule has 23 heavy (non-hydrogen) atoms. The monoisotopic (exact) mass is 316 g/mol. The summed E-state index contributed by atoms with van der Waals surface area (Å²) in [6.45, 7) is 5.67. The molecule has 0 aliphatic carbocycles. The van der Waals surface area contributed by atoms with Crippen molar-refractivity contribution >= 4 is 11.7 Å². The summed E-state index contributed by atoms with van der Waals surface area (Å²) < 4.78 is 13.5. The van der Waals surface area contributed by atoms with Gasteiger partial charge < -0.3 is 10.2 Å². The third-order valence-corrected chi connectivity index (χ3v) is 3.58. The highest BCUT2D eigenvalue weighted by Crippen LogP contribution is 2.08. The van der Waals surface area contributed by atoms with Gasteiger partial charge in [0, 0.05) is 19.6 Å². The minimum absolute atomic E-state index is 0.125.